The number of nitrogens with zero attached hydrogens (tertiary/aromatic N) is 2. The van der Waals surface area contributed by atoms with Crippen molar-refractivity contribution in [2.75, 3.05) is 26.2 Å². The molecule has 0 saturated carbocycles. The van der Waals surface area contributed by atoms with Gasteiger partial charge in [0.1, 0.15) is 18.1 Å². The Morgan fingerprint density at radius 3 is 2.27 bits per heavy atom. The highest BCUT2D eigenvalue weighted by molar-refractivity contribution is 7.14. The Morgan fingerprint density at radius 2 is 1.68 bits per heavy atom. The van der Waals surface area contributed by atoms with Gasteiger partial charge in [-0.3, -0.25) is 14.5 Å². The summed E-state index contributed by atoms with van der Waals surface area (Å²) < 4.78 is 22.4. The van der Waals surface area contributed by atoms with Gasteiger partial charge in [-0.05, 0) is 54.4 Å². The molecule has 1 aliphatic rings. The molecule has 9 nitrogen and oxygen atoms in total. The topological polar surface area (TPSA) is 107 Å². The van der Waals surface area contributed by atoms with Crippen molar-refractivity contribution in [1.29, 1.82) is 0 Å². The molecular formula is C31H28N2O7S. The van der Waals surface area contributed by atoms with Crippen LogP contribution in [0.5, 0.6) is 23.0 Å². The first kappa shape index (κ1) is 27.7. The minimum atomic E-state index is -1.01. The van der Waals surface area contributed by atoms with E-state index in [0.29, 0.717) is 45.9 Å². The lowest BCUT2D eigenvalue weighted by atomic mass is 9.94. The molecule has 1 aromatic heterocycles. The highest BCUT2D eigenvalue weighted by atomic mass is 32.1. The molecule has 0 aliphatic carbocycles. The summed E-state index contributed by atoms with van der Waals surface area (Å²) in [7, 11) is 4.43. The SMILES string of the molecule is COc1cc(C2C(=C(O)c3ccc(OCc4cccc(C)c4)cc3)C(=O)C(=O)N2c2nccs2)cc(OC)c1OC. The van der Waals surface area contributed by atoms with Crippen molar-refractivity contribution in [2.45, 2.75) is 19.6 Å². The first-order valence-electron chi connectivity index (χ1n) is 12.7. The molecule has 10 heteroatoms. The standard InChI is InChI=1S/C31H28N2O7S/c1-18-6-5-7-19(14-18)17-40-22-10-8-20(9-11-22)27(34)25-26(33(30(36)28(25)35)31-32-12-13-41-31)21-15-23(37-2)29(39-4)24(16-21)38-3/h5-16,26,34H,17H2,1-4H3. The number of aryl methyl sites for hydroxylation is 1. The first-order valence-corrected chi connectivity index (χ1v) is 13.5. The molecule has 0 radical (unpaired) electrons. The Labute approximate surface area is 241 Å². The molecule has 3 aromatic carbocycles. The molecule has 210 valence electrons. The minimum absolute atomic E-state index is 0.0899. The monoisotopic (exact) mass is 572 g/mol. The van der Waals surface area contributed by atoms with Crippen LogP contribution in [0.1, 0.15) is 28.3 Å². The number of methoxy groups -OCH3 is 3. The maximum absolute atomic E-state index is 13.5. The summed E-state index contributed by atoms with van der Waals surface area (Å²) in [4.78, 5) is 32.4. The molecule has 1 fully saturated rings. The van der Waals surface area contributed by atoms with Gasteiger partial charge in [0, 0.05) is 17.1 Å². The fourth-order valence-corrected chi connectivity index (χ4v) is 5.44. The molecule has 5 rings (SSSR count). The van der Waals surface area contributed by atoms with Crippen molar-refractivity contribution in [3.8, 4) is 23.0 Å². The van der Waals surface area contributed by atoms with Gasteiger partial charge < -0.3 is 24.1 Å². The van der Waals surface area contributed by atoms with Gasteiger partial charge >= 0.3 is 5.91 Å². The molecule has 4 aromatic rings. The smallest absolute Gasteiger partial charge is 0.301 e. The number of aliphatic hydroxyl groups is 1. The van der Waals surface area contributed by atoms with E-state index in [2.05, 4.69) is 4.98 Å². The number of aliphatic hydroxyl groups excluding tert-OH is 1. The van der Waals surface area contributed by atoms with Crippen LogP contribution in [-0.2, 0) is 16.2 Å². The van der Waals surface area contributed by atoms with Crippen molar-refractivity contribution in [2.24, 2.45) is 0 Å². The van der Waals surface area contributed by atoms with E-state index in [1.807, 2.05) is 31.2 Å². The highest BCUT2D eigenvalue weighted by Crippen LogP contribution is 2.47. The van der Waals surface area contributed by atoms with Crippen molar-refractivity contribution < 1.29 is 33.6 Å². The summed E-state index contributed by atoms with van der Waals surface area (Å²) in [5, 5.41) is 13.5. The number of hydrogen-bond acceptors (Lipinski definition) is 9. The quantitative estimate of drug-likeness (QED) is 0.155. The van der Waals surface area contributed by atoms with Crippen LogP contribution in [0, 0.1) is 6.92 Å². The average Bonchev–Trinajstić information content (AvgIpc) is 3.61. The maximum atomic E-state index is 13.5. The Balaban J connectivity index is 1.56. The van der Waals surface area contributed by atoms with Gasteiger partial charge in [-0.25, -0.2) is 4.98 Å². The van der Waals surface area contributed by atoms with Crippen LogP contribution in [0.4, 0.5) is 5.13 Å². The number of thiazole rings is 1. The molecule has 1 atom stereocenters. The van der Waals surface area contributed by atoms with E-state index in [9.17, 15) is 14.7 Å². The van der Waals surface area contributed by atoms with Crippen molar-refractivity contribution >= 4 is 33.9 Å². The van der Waals surface area contributed by atoms with Crippen LogP contribution in [0.25, 0.3) is 5.76 Å². The summed E-state index contributed by atoms with van der Waals surface area (Å²) in [6.45, 7) is 2.40. The predicted molar refractivity (Wildman–Crippen MR) is 155 cm³/mol. The van der Waals surface area contributed by atoms with Crippen molar-refractivity contribution in [3.05, 3.63) is 100 Å². The van der Waals surface area contributed by atoms with Gasteiger partial charge in [0.2, 0.25) is 5.75 Å². The summed E-state index contributed by atoms with van der Waals surface area (Å²) >= 11 is 1.20. The van der Waals surface area contributed by atoms with E-state index in [1.54, 1.807) is 48.0 Å². The third kappa shape index (κ3) is 5.33. The van der Waals surface area contributed by atoms with E-state index < -0.39 is 17.7 Å². The summed E-state index contributed by atoms with van der Waals surface area (Å²) in [6, 6.07) is 17.0. The fraction of sp³-hybridized carbons (Fsp3) is 0.194. The molecule has 1 N–H and O–H groups in total. The number of carbonyl (C=O) groups excluding carboxylic acids is 2. The first-order chi connectivity index (χ1) is 19.9. The average molecular weight is 573 g/mol. The predicted octanol–water partition coefficient (Wildman–Crippen LogP) is 5.68. The van der Waals surface area contributed by atoms with Gasteiger partial charge in [0.25, 0.3) is 5.78 Å². The summed E-state index contributed by atoms with van der Waals surface area (Å²) in [5.74, 6) is -0.358. The zero-order valence-electron chi connectivity index (χ0n) is 22.9. The van der Waals surface area contributed by atoms with E-state index in [4.69, 9.17) is 18.9 Å². The second-order valence-electron chi connectivity index (χ2n) is 9.24. The van der Waals surface area contributed by atoms with Gasteiger partial charge in [-0.1, -0.05) is 29.8 Å². The number of anilines is 1. The normalized spacial score (nSPS) is 16.1. The van der Waals surface area contributed by atoms with Crippen LogP contribution >= 0.6 is 11.3 Å². The van der Waals surface area contributed by atoms with E-state index in [0.717, 1.165) is 11.1 Å². The van der Waals surface area contributed by atoms with Crippen LogP contribution in [0.3, 0.4) is 0 Å². The number of ether oxygens (including phenoxy) is 4. The van der Waals surface area contributed by atoms with Gasteiger partial charge in [-0.2, -0.15) is 0 Å². The zero-order valence-corrected chi connectivity index (χ0v) is 23.7. The molecule has 2 heterocycles. The molecule has 0 bridgehead atoms. The number of benzene rings is 3. The second kappa shape index (κ2) is 11.7. The Kier molecular flexibility index (Phi) is 7.93. The number of amides is 1. The van der Waals surface area contributed by atoms with E-state index >= 15 is 0 Å². The van der Waals surface area contributed by atoms with Crippen molar-refractivity contribution in [3.63, 3.8) is 0 Å². The Morgan fingerprint density at radius 1 is 0.976 bits per heavy atom. The largest absolute Gasteiger partial charge is 0.507 e. The second-order valence-corrected chi connectivity index (χ2v) is 10.1. The molecule has 1 saturated heterocycles. The number of aromatic nitrogens is 1. The molecule has 41 heavy (non-hydrogen) atoms. The molecule has 1 amide bonds. The Hall–Kier alpha value is -4.83. The molecule has 1 aliphatic heterocycles. The highest BCUT2D eigenvalue weighted by Gasteiger charge is 2.48. The number of carbonyl (C=O) groups is 2. The third-order valence-corrected chi connectivity index (χ3v) is 7.46. The third-order valence-electron chi connectivity index (χ3n) is 6.69. The number of ketones is 1. The van der Waals surface area contributed by atoms with Gasteiger partial charge in [0.15, 0.2) is 16.6 Å². The fourth-order valence-electron chi connectivity index (χ4n) is 4.77. The lowest BCUT2D eigenvalue weighted by Gasteiger charge is -2.24. The summed E-state index contributed by atoms with van der Waals surface area (Å²) in [5.41, 5.74) is 2.90. The molecular weight excluding hydrogens is 544 g/mol. The van der Waals surface area contributed by atoms with Crippen LogP contribution in [0.2, 0.25) is 0 Å². The zero-order chi connectivity index (χ0) is 29.1. The van der Waals surface area contributed by atoms with E-state index in [-0.39, 0.29) is 11.3 Å². The number of hydrogen-bond donors (Lipinski definition) is 1. The Bertz CT molecular complexity index is 1590. The summed E-state index contributed by atoms with van der Waals surface area (Å²) in [6.07, 6.45) is 1.54. The van der Waals surface area contributed by atoms with E-state index in [1.165, 1.54) is 37.6 Å². The maximum Gasteiger partial charge on any atom is 0.301 e. The molecule has 1 unspecified atom stereocenters. The van der Waals surface area contributed by atoms with Gasteiger partial charge in [-0.15, -0.1) is 11.3 Å². The van der Waals surface area contributed by atoms with Crippen molar-refractivity contribution in [1.82, 2.24) is 4.98 Å². The van der Waals surface area contributed by atoms with Crippen LogP contribution in [0.15, 0.2) is 77.8 Å². The van der Waals surface area contributed by atoms with Crippen LogP contribution < -0.4 is 23.8 Å². The minimum Gasteiger partial charge on any atom is -0.507 e. The lowest BCUT2D eigenvalue weighted by molar-refractivity contribution is -0.132. The number of rotatable bonds is 9. The molecule has 0 spiro atoms. The van der Waals surface area contributed by atoms with Crippen LogP contribution in [-0.4, -0.2) is 43.1 Å². The number of Topliss-reactive ketones (excluding diaryl/α,β-unsaturated/α-hetero) is 1. The van der Waals surface area contributed by atoms with Gasteiger partial charge in [0.05, 0.1) is 32.9 Å². The lowest BCUT2D eigenvalue weighted by Crippen LogP contribution is -2.29.